The number of hydrogen-bond donors (Lipinski definition) is 0. The Morgan fingerprint density at radius 3 is 2.31 bits per heavy atom. The highest BCUT2D eigenvalue weighted by molar-refractivity contribution is 7.09. The van der Waals surface area contributed by atoms with Gasteiger partial charge in [0, 0.05) is 17.0 Å². The highest BCUT2D eigenvalue weighted by atomic mass is 32.1. The van der Waals surface area contributed by atoms with Crippen LogP contribution in [0.4, 0.5) is 0 Å². The van der Waals surface area contributed by atoms with Gasteiger partial charge in [0.1, 0.15) is 17.2 Å². The van der Waals surface area contributed by atoms with Crippen molar-refractivity contribution in [3.63, 3.8) is 0 Å². The molecule has 6 heteroatoms. The maximum absolute atomic E-state index is 13.0. The third kappa shape index (κ3) is 5.99. The van der Waals surface area contributed by atoms with Gasteiger partial charge in [0.15, 0.2) is 6.61 Å². The van der Waals surface area contributed by atoms with Crippen LogP contribution < -0.4 is 14.2 Å². The molecule has 0 aliphatic rings. The normalized spacial score (nSPS) is 10.4. The number of benzene rings is 2. The van der Waals surface area contributed by atoms with Crippen LogP contribution in [0.3, 0.4) is 0 Å². The van der Waals surface area contributed by atoms with Crippen LogP contribution >= 0.6 is 11.3 Å². The van der Waals surface area contributed by atoms with E-state index in [1.165, 1.54) is 0 Å². The summed E-state index contributed by atoms with van der Waals surface area (Å²) in [7, 11) is 1.64. The van der Waals surface area contributed by atoms with Crippen LogP contribution in [0, 0.1) is 0 Å². The molecule has 3 aromatic rings. The number of rotatable bonds is 10. The van der Waals surface area contributed by atoms with E-state index in [0.29, 0.717) is 25.4 Å². The Balaban J connectivity index is 1.68. The molecular formula is C23H25NO4S. The molecule has 0 unspecified atom stereocenters. The summed E-state index contributed by atoms with van der Waals surface area (Å²) in [6, 6.07) is 19.0. The van der Waals surface area contributed by atoms with E-state index < -0.39 is 0 Å². The fourth-order valence-electron chi connectivity index (χ4n) is 2.90. The van der Waals surface area contributed by atoms with Crippen molar-refractivity contribution in [2.75, 3.05) is 20.3 Å². The van der Waals surface area contributed by atoms with Crippen LogP contribution in [-0.4, -0.2) is 31.1 Å². The zero-order valence-electron chi connectivity index (χ0n) is 16.7. The molecule has 1 heterocycles. The molecule has 5 nitrogen and oxygen atoms in total. The topological polar surface area (TPSA) is 48.0 Å². The summed E-state index contributed by atoms with van der Waals surface area (Å²) in [6.07, 6.45) is 0. The summed E-state index contributed by atoms with van der Waals surface area (Å²) in [5, 5.41) is 2.01. The van der Waals surface area contributed by atoms with Crippen molar-refractivity contribution in [3.8, 4) is 17.2 Å². The second-order valence-corrected chi connectivity index (χ2v) is 7.37. The molecule has 0 fully saturated rings. The third-order valence-electron chi connectivity index (χ3n) is 4.33. The molecule has 152 valence electrons. The van der Waals surface area contributed by atoms with E-state index in [2.05, 4.69) is 0 Å². The zero-order valence-corrected chi connectivity index (χ0v) is 17.5. The number of amides is 1. The minimum Gasteiger partial charge on any atom is -0.496 e. The standard InChI is InChI=1S/C23H25NO4S/c1-3-27-19-10-12-20(13-11-19)28-17-23(25)24(16-21-8-6-14-29-21)15-18-7-4-5-9-22(18)26-2/h4-14H,3,15-17H2,1-2H3. The van der Waals surface area contributed by atoms with Gasteiger partial charge in [-0.3, -0.25) is 4.79 Å². The Labute approximate surface area is 175 Å². The summed E-state index contributed by atoms with van der Waals surface area (Å²) in [5.41, 5.74) is 0.959. The van der Waals surface area contributed by atoms with Crippen molar-refractivity contribution < 1.29 is 19.0 Å². The Hall–Kier alpha value is -2.99. The molecule has 2 aromatic carbocycles. The number of hydrogen-bond acceptors (Lipinski definition) is 5. The summed E-state index contributed by atoms with van der Waals surface area (Å²) in [6.45, 7) is 3.50. The Kier molecular flexibility index (Phi) is 7.53. The van der Waals surface area contributed by atoms with Gasteiger partial charge < -0.3 is 19.1 Å². The second kappa shape index (κ2) is 10.5. The summed E-state index contributed by atoms with van der Waals surface area (Å²) >= 11 is 1.63. The number of ether oxygens (including phenoxy) is 3. The first-order valence-corrected chi connectivity index (χ1v) is 10.3. The Morgan fingerprint density at radius 2 is 1.66 bits per heavy atom. The summed E-state index contributed by atoms with van der Waals surface area (Å²) < 4.78 is 16.6. The average molecular weight is 412 g/mol. The Bertz CT molecular complexity index is 894. The van der Waals surface area contributed by atoms with E-state index >= 15 is 0 Å². The minimum atomic E-state index is -0.0850. The van der Waals surface area contributed by atoms with E-state index in [9.17, 15) is 4.79 Å². The van der Waals surface area contributed by atoms with Crippen LogP contribution in [0.25, 0.3) is 0 Å². The Morgan fingerprint density at radius 1 is 0.931 bits per heavy atom. The van der Waals surface area contributed by atoms with Crippen LogP contribution in [0.1, 0.15) is 17.4 Å². The van der Waals surface area contributed by atoms with Gasteiger partial charge in [0.05, 0.1) is 20.3 Å². The van der Waals surface area contributed by atoms with Crippen LogP contribution in [0.2, 0.25) is 0 Å². The first-order chi connectivity index (χ1) is 14.2. The van der Waals surface area contributed by atoms with Gasteiger partial charge in [-0.1, -0.05) is 24.3 Å². The van der Waals surface area contributed by atoms with Crippen LogP contribution in [0.5, 0.6) is 17.2 Å². The first kappa shape index (κ1) is 20.7. The molecule has 0 radical (unpaired) electrons. The number of thiophene rings is 1. The molecule has 0 spiro atoms. The van der Waals surface area contributed by atoms with Crippen molar-refractivity contribution >= 4 is 17.2 Å². The van der Waals surface area contributed by atoms with Crippen molar-refractivity contribution in [3.05, 3.63) is 76.5 Å². The molecule has 3 rings (SSSR count). The SMILES string of the molecule is CCOc1ccc(OCC(=O)N(Cc2cccs2)Cc2ccccc2OC)cc1. The first-order valence-electron chi connectivity index (χ1n) is 9.47. The average Bonchev–Trinajstić information content (AvgIpc) is 3.26. The van der Waals surface area contributed by atoms with Crippen LogP contribution in [0.15, 0.2) is 66.0 Å². The van der Waals surface area contributed by atoms with Gasteiger partial charge in [0.25, 0.3) is 5.91 Å². The van der Waals surface area contributed by atoms with E-state index in [1.807, 2.05) is 73.0 Å². The number of methoxy groups -OCH3 is 1. The van der Waals surface area contributed by atoms with Gasteiger partial charge in [-0.2, -0.15) is 0 Å². The van der Waals surface area contributed by atoms with E-state index in [4.69, 9.17) is 14.2 Å². The molecule has 0 aliphatic heterocycles. The quantitative estimate of drug-likeness (QED) is 0.482. The van der Waals surface area contributed by atoms with E-state index in [0.717, 1.165) is 21.9 Å². The lowest BCUT2D eigenvalue weighted by Crippen LogP contribution is -2.34. The van der Waals surface area contributed by atoms with Crippen LogP contribution in [-0.2, 0) is 17.9 Å². The molecule has 0 bridgehead atoms. The largest absolute Gasteiger partial charge is 0.496 e. The van der Waals surface area contributed by atoms with Crippen molar-refractivity contribution in [1.82, 2.24) is 4.90 Å². The lowest BCUT2D eigenvalue weighted by Gasteiger charge is -2.23. The lowest BCUT2D eigenvalue weighted by atomic mass is 10.2. The van der Waals surface area contributed by atoms with Gasteiger partial charge >= 0.3 is 0 Å². The maximum atomic E-state index is 13.0. The zero-order chi connectivity index (χ0) is 20.5. The molecule has 1 amide bonds. The predicted octanol–water partition coefficient (Wildman–Crippen LogP) is 4.76. The van der Waals surface area contributed by atoms with Gasteiger partial charge in [0.2, 0.25) is 0 Å². The van der Waals surface area contributed by atoms with Gasteiger partial charge in [-0.15, -0.1) is 11.3 Å². The summed E-state index contributed by atoms with van der Waals surface area (Å²) in [4.78, 5) is 15.9. The van der Waals surface area contributed by atoms with Gasteiger partial charge in [-0.25, -0.2) is 0 Å². The number of carbonyl (C=O) groups excluding carboxylic acids is 1. The van der Waals surface area contributed by atoms with E-state index in [-0.39, 0.29) is 12.5 Å². The number of carbonyl (C=O) groups is 1. The van der Waals surface area contributed by atoms with Gasteiger partial charge in [-0.05, 0) is 48.7 Å². The predicted molar refractivity (Wildman–Crippen MR) is 115 cm³/mol. The molecular weight excluding hydrogens is 386 g/mol. The second-order valence-electron chi connectivity index (χ2n) is 6.33. The number of nitrogens with zero attached hydrogens (tertiary/aromatic N) is 1. The summed E-state index contributed by atoms with van der Waals surface area (Å²) in [5.74, 6) is 2.10. The lowest BCUT2D eigenvalue weighted by molar-refractivity contribution is -0.134. The molecule has 0 atom stereocenters. The third-order valence-corrected chi connectivity index (χ3v) is 5.19. The smallest absolute Gasteiger partial charge is 0.261 e. The fourth-order valence-corrected chi connectivity index (χ4v) is 3.62. The molecule has 0 saturated carbocycles. The monoisotopic (exact) mass is 411 g/mol. The minimum absolute atomic E-state index is 0.0332. The number of para-hydroxylation sites is 1. The molecule has 0 aliphatic carbocycles. The molecule has 0 N–H and O–H groups in total. The fraction of sp³-hybridized carbons (Fsp3) is 0.261. The highest BCUT2D eigenvalue weighted by Crippen LogP contribution is 2.22. The highest BCUT2D eigenvalue weighted by Gasteiger charge is 2.18. The molecule has 0 saturated heterocycles. The molecule has 1 aromatic heterocycles. The molecule has 29 heavy (non-hydrogen) atoms. The van der Waals surface area contributed by atoms with Crippen molar-refractivity contribution in [1.29, 1.82) is 0 Å². The van der Waals surface area contributed by atoms with E-state index in [1.54, 1.807) is 23.3 Å². The van der Waals surface area contributed by atoms with Crippen molar-refractivity contribution in [2.45, 2.75) is 20.0 Å². The van der Waals surface area contributed by atoms with Crippen molar-refractivity contribution in [2.24, 2.45) is 0 Å². The maximum Gasteiger partial charge on any atom is 0.261 e.